The van der Waals surface area contributed by atoms with Crippen molar-refractivity contribution >= 4 is 11.9 Å². The molecular formula is C17H19NO4. The number of amides is 1. The molecule has 2 bridgehead atoms. The van der Waals surface area contributed by atoms with Gasteiger partial charge in [-0.05, 0) is 24.8 Å². The van der Waals surface area contributed by atoms with Crippen LogP contribution in [0.5, 0.6) is 0 Å². The van der Waals surface area contributed by atoms with E-state index in [1.54, 1.807) is 4.90 Å². The molecular weight excluding hydrogens is 282 g/mol. The first-order valence-electron chi connectivity index (χ1n) is 7.84. The number of carboxylic acids is 1. The third-order valence-electron chi connectivity index (χ3n) is 5.40. The van der Waals surface area contributed by atoms with Crippen LogP contribution >= 0.6 is 0 Å². The van der Waals surface area contributed by atoms with E-state index in [0.717, 1.165) is 19.3 Å². The number of ether oxygens (including phenoxy) is 1. The summed E-state index contributed by atoms with van der Waals surface area (Å²) in [7, 11) is 0. The van der Waals surface area contributed by atoms with Gasteiger partial charge in [0.05, 0.1) is 30.1 Å². The summed E-state index contributed by atoms with van der Waals surface area (Å²) in [6, 6.07) is 10.0. The van der Waals surface area contributed by atoms with Gasteiger partial charge >= 0.3 is 5.97 Å². The summed E-state index contributed by atoms with van der Waals surface area (Å²) in [5.74, 6) is -2.08. The number of hydrogen-bond acceptors (Lipinski definition) is 3. The number of fused-ring (bicyclic) bond motifs is 1. The third kappa shape index (κ3) is 1.88. The fourth-order valence-corrected chi connectivity index (χ4v) is 4.42. The first-order valence-corrected chi connectivity index (χ1v) is 7.84. The summed E-state index contributed by atoms with van der Waals surface area (Å²) >= 11 is 0. The summed E-state index contributed by atoms with van der Waals surface area (Å²) in [6.45, 7) is 1.17. The van der Waals surface area contributed by atoms with Crippen LogP contribution in [0.25, 0.3) is 0 Å². The van der Waals surface area contributed by atoms with Crippen LogP contribution in [0.15, 0.2) is 30.3 Å². The molecule has 0 saturated carbocycles. The van der Waals surface area contributed by atoms with Gasteiger partial charge in [0.2, 0.25) is 5.91 Å². The molecule has 0 aliphatic carbocycles. The molecule has 3 aliphatic heterocycles. The highest BCUT2D eigenvalue weighted by atomic mass is 16.5. The Hall–Kier alpha value is -1.88. The molecule has 22 heavy (non-hydrogen) atoms. The molecule has 1 amide bonds. The van der Waals surface area contributed by atoms with Crippen molar-refractivity contribution in [1.82, 2.24) is 4.90 Å². The second kappa shape index (κ2) is 4.81. The smallest absolute Gasteiger partial charge is 0.310 e. The zero-order chi connectivity index (χ0) is 15.3. The SMILES string of the molecule is O=C(O)C1C2CCC3(CN(CCc4ccccc4)C(=O)C13)O2. The minimum Gasteiger partial charge on any atom is -0.481 e. The number of benzene rings is 1. The highest BCUT2D eigenvalue weighted by Crippen LogP contribution is 2.55. The molecule has 4 rings (SSSR count). The van der Waals surface area contributed by atoms with E-state index in [-0.39, 0.29) is 12.0 Å². The summed E-state index contributed by atoms with van der Waals surface area (Å²) in [5, 5.41) is 9.44. The molecule has 116 valence electrons. The Kier molecular flexibility index (Phi) is 3.01. The first-order chi connectivity index (χ1) is 10.6. The van der Waals surface area contributed by atoms with Crippen molar-refractivity contribution in [2.75, 3.05) is 13.1 Å². The standard InChI is InChI=1S/C17H19NO4/c19-15-14-13(16(20)21)12-6-8-17(14,22-12)10-18(15)9-7-11-4-2-1-3-5-11/h1-5,12-14H,6-10H2,(H,20,21). The van der Waals surface area contributed by atoms with Gasteiger partial charge in [-0.15, -0.1) is 0 Å². The van der Waals surface area contributed by atoms with Gasteiger partial charge in [0.15, 0.2) is 0 Å². The fraction of sp³-hybridized carbons (Fsp3) is 0.529. The third-order valence-corrected chi connectivity index (χ3v) is 5.40. The zero-order valence-electron chi connectivity index (χ0n) is 12.3. The predicted octanol–water partition coefficient (Wildman–Crippen LogP) is 1.32. The minimum atomic E-state index is -0.894. The lowest BCUT2D eigenvalue weighted by molar-refractivity contribution is -0.149. The lowest BCUT2D eigenvalue weighted by atomic mass is 9.73. The van der Waals surface area contributed by atoms with Gasteiger partial charge < -0.3 is 14.7 Å². The van der Waals surface area contributed by atoms with Crippen LogP contribution in [0.2, 0.25) is 0 Å². The maximum absolute atomic E-state index is 12.7. The molecule has 0 radical (unpaired) electrons. The Morgan fingerprint density at radius 3 is 2.86 bits per heavy atom. The lowest BCUT2D eigenvalue weighted by Crippen LogP contribution is -2.41. The lowest BCUT2D eigenvalue weighted by Gasteiger charge is -2.25. The van der Waals surface area contributed by atoms with Gasteiger partial charge in [-0.2, -0.15) is 0 Å². The Bertz CT molecular complexity index is 616. The van der Waals surface area contributed by atoms with Crippen LogP contribution in [0.3, 0.4) is 0 Å². The van der Waals surface area contributed by atoms with Gasteiger partial charge in [0.1, 0.15) is 0 Å². The van der Waals surface area contributed by atoms with Crippen LogP contribution in [0.4, 0.5) is 0 Å². The molecule has 3 saturated heterocycles. The molecule has 3 heterocycles. The van der Waals surface area contributed by atoms with E-state index in [4.69, 9.17) is 4.74 Å². The van der Waals surface area contributed by atoms with Gasteiger partial charge in [-0.1, -0.05) is 30.3 Å². The summed E-state index contributed by atoms with van der Waals surface area (Å²) in [6.07, 6.45) is 2.08. The van der Waals surface area contributed by atoms with Gasteiger partial charge in [-0.3, -0.25) is 9.59 Å². The second-order valence-electron chi connectivity index (χ2n) is 6.60. The molecule has 0 aromatic heterocycles. The number of carbonyl (C=O) groups is 2. The van der Waals surface area contributed by atoms with Gasteiger partial charge in [0.25, 0.3) is 0 Å². The number of nitrogens with zero attached hydrogens (tertiary/aromatic N) is 1. The molecule has 5 nitrogen and oxygen atoms in total. The summed E-state index contributed by atoms with van der Waals surface area (Å²) in [4.78, 5) is 26.0. The number of hydrogen-bond donors (Lipinski definition) is 1. The monoisotopic (exact) mass is 301 g/mol. The first kappa shape index (κ1) is 13.8. The quantitative estimate of drug-likeness (QED) is 0.911. The van der Waals surface area contributed by atoms with Crippen molar-refractivity contribution in [3.05, 3.63) is 35.9 Å². The highest BCUT2D eigenvalue weighted by molar-refractivity contribution is 5.89. The predicted molar refractivity (Wildman–Crippen MR) is 78.2 cm³/mol. The molecule has 3 fully saturated rings. The van der Waals surface area contributed by atoms with Crippen LogP contribution in [0.1, 0.15) is 18.4 Å². The summed E-state index contributed by atoms with van der Waals surface area (Å²) in [5.41, 5.74) is 0.645. The molecule has 5 heteroatoms. The number of carbonyl (C=O) groups excluding carboxylic acids is 1. The molecule has 4 atom stereocenters. The van der Waals surface area contributed by atoms with E-state index < -0.39 is 23.4 Å². The van der Waals surface area contributed by atoms with Crippen molar-refractivity contribution < 1.29 is 19.4 Å². The van der Waals surface area contributed by atoms with Crippen molar-refractivity contribution in [2.45, 2.75) is 31.0 Å². The van der Waals surface area contributed by atoms with E-state index in [1.165, 1.54) is 5.56 Å². The minimum absolute atomic E-state index is 0.0365. The number of carboxylic acid groups (broad SMARTS) is 1. The van der Waals surface area contributed by atoms with Crippen molar-refractivity contribution in [1.29, 1.82) is 0 Å². The van der Waals surface area contributed by atoms with Crippen LogP contribution in [-0.2, 0) is 20.7 Å². The van der Waals surface area contributed by atoms with E-state index in [2.05, 4.69) is 0 Å². The molecule has 1 aromatic rings. The Morgan fingerprint density at radius 1 is 1.36 bits per heavy atom. The Balaban J connectivity index is 1.51. The van der Waals surface area contributed by atoms with Crippen molar-refractivity contribution in [3.8, 4) is 0 Å². The molecule has 4 unspecified atom stereocenters. The zero-order valence-corrected chi connectivity index (χ0v) is 12.3. The maximum atomic E-state index is 12.7. The fourth-order valence-electron chi connectivity index (χ4n) is 4.42. The average molecular weight is 301 g/mol. The Labute approximate surface area is 128 Å². The highest BCUT2D eigenvalue weighted by Gasteiger charge is 2.68. The Morgan fingerprint density at radius 2 is 2.14 bits per heavy atom. The van der Waals surface area contributed by atoms with Crippen molar-refractivity contribution in [2.24, 2.45) is 11.8 Å². The van der Waals surface area contributed by atoms with E-state index in [1.807, 2.05) is 30.3 Å². The van der Waals surface area contributed by atoms with Crippen LogP contribution in [0, 0.1) is 11.8 Å². The molecule has 1 spiro atoms. The molecule has 3 aliphatic rings. The molecule has 1 N–H and O–H groups in total. The number of aliphatic carboxylic acids is 1. The summed E-state index contributed by atoms with van der Waals surface area (Å²) < 4.78 is 5.97. The van der Waals surface area contributed by atoms with E-state index >= 15 is 0 Å². The number of rotatable bonds is 4. The largest absolute Gasteiger partial charge is 0.481 e. The van der Waals surface area contributed by atoms with Gasteiger partial charge in [0, 0.05) is 6.54 Å². The maximum Gasteiger partial charge on any atom is 0.310 e. The van der Waals surface area contributed by atoms with Crippen LogP contribution in [-0.4, -0.2) is 46.7 Å². The average Bonchev–Trinajstić information content (AvgIpc) is 3.14. The number of likely N-dealkylation sites (tertiary alicyclic amines) is 1. The normalized spacial score (nSPS) is 35.9. The topological polar surface area (TPSA) is 66.8 Å². The molecule has 1 aromatic carbocycles. The van der Waals surface area contributed by atoms with E-state index in [0.29, 0.717) is 13.1 Å². The van der Waals surface area contributed by atoms with Crippen molar-refractivity contribution in [3.63, 3.8) is 0 Å². The van der Waals surface area contributed by atoms with Gasteiger partial charge in [-0.25, -0.2) is 0 Å². The second-order valence-corrected chi connectivity index (χ2v) is 6.60. The van der Waals surface area contributed by atoms with E-state index in [9.17, 15) is 14.7 Å². The van der Waals surface area contributed by atoms with Crippen LogP contribution < -0.4 is 0 Å².